The highest BCUT2D eigenvalue weighted by Gasteiger charge is 2.08. The average molecular weight is 217 g/mol. The Labute approximate surface area is 94.3 Å². The van der Waals surface area contributed by atoms with Crippen LogP contribution in [0.3, 0.4) is 0 Å². The number of fused-ring (bicyclic) bond motifs is 1. The van der Waals surface area contributed by atoms with Crippen LogP contribution in [0.4, 0.5) is 0 Å². The van der Waals surface area contributed by atoms with E-state index in [2.05, 4.69) is 9.97 Å². The molecule has 16 heavy (non-hydrogen) atoms. The molecule has 0 saturated carbocycles. The maximum Gasteiger partial charge on any atom is 0.158 e. The van der Waals surface area contributed by atoms with Gasteiger partial charge in [0.2, 0.25) is 0 Å². The summed E-state index contributed by atoms with van der Waals surface area (Å²) in [6.07, 6.45) is 4.81. The van der Waals surface area contributed by atoms with Gasteiger partial charge in [-0.25, -0.2) is 4.98 Å². The van der Waals surface area contributed by atoms with Gasteiger partial charge in [0.15, 0.2) is 5.65 Å². The van der Waals surface area contributed by atoms with E-state index < -0.39 is 0 Å². The highest BCUT2D eigenvalue weighted by atomic mass is 16.1. The molecule has 2 aromatic rings. The minimum Gasteiger partial charge on any atom is -0.303 e. The number of aromatic nitrogens is 3. The molecule has 0 unspecified atom stereocenters. The third kappa shape index (κ3) is 1.96. The minimum atomic E-state index is 0.214. The summed E-state index contributed by atoms with van der Waals surface area (Å²) in [5.41, 5.74) is 3.51. The normalized spacial score (nSPS) is 10.9. The number of carbonyl (C=O) groups excluding carboxylic acids is 1. The molecule has 0 atom stereocenters. The van der Waals surface area contributed by atoms with E-state index in [1.165, 1.54) is 0 Å². The summed E-state index contributed by atoms with van der Waals surface area (Å²) in [6.45, 7) is 5.75. The van der Waals surface area contributed by atoms with Crippen molar-refractivity contribution >= 4 is 11.4 Å². The van der Waals surface area contributed by atoms with Gasteiger partial charge in [0, 0.05) is 18.8 Å². The molecule has 0 N–H and O–H groups in total. The van der Waals surface area contributed by atoms with Crippen molar-refractivity contribution in [2.24, 2.45) is 0 Å². The molecule has 0 aliphatic carbocycles. The Balaban J connectivity index is 2.44. The second-order valence-corrected chi connectivity index (χ2v) is 4.00. The van der Waals surface area contributed by atoms with Crippen LogP contribution < -0.4 is 0 Å². The zero-order valence-electron chi connectivity index (χ0n) is 9.82. The van der Waals surface area contributed by atoms with Gasteiger partial charge in [-0.1, -0.05) is 6.92 Å². The van der Waals surface area contributed by atoms with Crippen LogP contribution in [0.1, 0.15) is 30.4 Å². The van der Waals surface area contributed by atoms with Crippen molar-refractivity contribution in [1.82, 2.24) is 14.4 Å². The molecular formula is C12H15N3O. The lowest BCUT2D eigenvalue weighted by Gasteiger charge is -1.98. The van der Waals surface area contributed by atoms with E-state index in [0.717, 1.165) is 22.7 Å². The lowest BCUT2D eigenvalue weighted by molar-refractivity contribution is -0.118. The molecule has 0 radical (unpaired) electrons. The first-order valence-corrected chi connectivity index (χ1v) is 5.43. The van der Waals surface area contributed by atoms with Gasteiger partial charge >= 0.3 is 0 Å². The lowest BCUT2D eigenvalue weighted by Crippen LogP contribution is -2.00. The summed E-state index contributed by atoms with van der Waals surface area (Å²) >= 11 is 0. The minimum absolute atomic E-state index is 0.214. The van der Waals surface area contributed by atoms with Crippen LogP contribution >= 0.6 is 0 Å². The summed E-state index contributed by atoms with van der Waals surface area (Å²) < 4.78 is 1.94. The molecular weight excluding hydrogens is 202 g/mol. The Morgan fingerprint density at radius 3 is 2.75 bits per heavy atom. The number of hydrogen-bond donors (Lipinski definition) is 0. The number of carbonyl (C=O) groups is 1. The fourth-order valence-electron chi connectivity index (χ4n) is 1.77. The molecule has 0 spiro atoms. The van der Waals surface area contributed by atoms with Gasteiger partial charge in [-0.2, -0.15) is 0 Å². The van der Waals surface area contributed by atoms with Crippen molar-refractivity contribution in [2.75, 3.05) is 0 Å². The average Bonchev–Trinajstić information content (AvgIpc) is 2.60. The Morgan fingerprint density at radius 1 is 1.31 bits per heavy atom. The smallest absolute Gasteiger partial charge is 0.158 e. The number of rotatable bonds is 3. The third-order valence-corrected chi connectivity index (χ3v) is 2.55. The number of imidazole rings is 1. The number of aryl methyl sites for hydroxylation is 2. The summed E-state index contributed by atoms with van der Waals surface area (Å²) in [5, 5.41) is 0. The highest BCUT2D eigenvalue weighted by molar-refractivity contribution is 5.80. The van der Waals surface area contributed by atoms with E-state index in [1.807, 2.05) is 37.6 Å². The molecule has 0 amide bonds. The summed E-state index contributed by atoms with van der Waals surface area (Å²) in [5.74, 6) is 0.214. The van der Waals surface area contributed by atoms with Crippen LogP contribution in [0.5, 0.6) is 0 Å². The Morgan fingerprint density at radius 2 is 2.06 bits per heavy atom. The van der Waals surface area contributed by atoms with E-state index in [-0.39, 0.29) is 5.78 Å². The molecule has 2 rings (SSSR count). The van der Waals surface area contributed by atoms with Crippen LogP contribution in [-0.2, 0) is 11.2 Å². The zero-order valence-corrected chi connectivity index (χ0v) is 9.82. The van der Waals surface area contributed by atoms with Gasteiger partial charge in [-0.15, -0.1) is 0 Å². The van der Waals surface area contributed by atoms with Crippen LogP contribution in [0, 0.1) is 13.8 Å². The fourth-order valence-corrected chi connectivity index (χ4v) is 1.77. The maximum atomic E-state index is 11.3. The van der Waals surface area contributed by atoms with Gasteiger partial charge in [-0.3, -0.25) is 9.78 Å². The van der Waals surface area contributed by atoms with Crippen molar-refractivity contribution in [2.45, 2.75) is 33.6 Å². The Kier molecular flexibility index (Phi) is 2.73. The van der Waals surface area contributed by atoms with E-state index in [0.29, 0.717) is 12.8 Å². The molecule has 4 heteroatoms. The SMILES string of the molecule is CCC(=O)Cc1cn2cc(C)nc(C)c2n1. The van der Waals surface area contributed by atoms with Crippen LogP contribution in [0.2, 0.25) is 0 Å². The van der Waals surface area contributed by atoms with Crippen molar-refractivity contribution in [3.8, 4) is 0 Å². The Hall–Kier alpha value is -1.71. The monoisotopic (exact) mass is 217 g/mol. The Bertz CT molecular complexity index is 542. The van der Waals surface area contributed by atoms with Gasteiger partial charge in [0.05, 0.1) is 23.5 Å². The topological polar surface area (TPSA) is 47.3 Å². The van der Waals surface area contributed by atoms with Crippen LogP contribution in [0.25, 0.3) is 5.65 Å². The standard InChI is InChI=1S/C12H15N3O/c1-4-11(16)5-10-7-15-6-8(2)13-9(3)12(15)14-10/h6-7H,4-5H2,1-3H3. The number of nitrogens with zero attached hydrogens (tertiary/aromatic N) is 3. The predicted molar refractivity (Wildman–Crippen MR) is 61.5 cm³/mol. The summed E-state index contributed by atoms with van der Waals surface area (Å²) in [4.78, 5) is 20.1. The number of Topliss-reactive ketones (excluding diaryl/α,β-unsaturated/α-hetero) is 1. The summed E-state index contributed by atoms with van der Waals surface area (Å²) in [7, 11) is 0. The molecule has 0 fully saturated rings. The van der Waals surface area contributed by atoms with E-state index in [4.69, 9.17) is 0 Å². The molecule has 2 heterocycles. The molecule has 0 saturated heterocycles. The molecule has 4 nitrogen and oxygen atoms in total. The van der Waals surface area contributed by atoms with Crippen molar-refractivity contribution < 1.29 is 4.79 Å². The van der Waals surface area contributed by atoms with Crippen molar-refractivity contribution in [3.63, 3.8) is 0 Å². The van der Waals surface area contributed by atoms with Crippen molar-refractivity contribution in [1.29, 1.82) is 0 Å². The first-order valence-electron chi connectivity index (χ1n) is 5.43. The van der Waals surface area contributed by atoms with Gasteiger partial charge < -0.3 is 4.40 Å². The van der Waals surface area contributed by atoms with Gasteiger partial charge in [0.1, 0.15) is 5.78 Å². The third-order valence-electron chi connectivity index (χ3n) is 2.55. The number of hydrogen-bond acceptors (Lipinski definition) is 3. The molecule has 0 aliphatic heterocycles. The largest absolute Gasteiger partial charge is 0.303 e. The first kappa shape index (κ1) is 10.8. The molecule has 0 aliphatic rings. The van der Waals surface area contributed by atoms with E-state index in [9.17, 15) is 4.79 Å². The van der Waals surface area contributed by atoms with Gasteiger partial charge in [-0.05, 0) is 13.8 Å². The van der Waals surface area contributed by atoms with Crippen molar-refractivity contribution in [3.05, 3.63) is 29.5 Å². The molecule has 84 valence electrons. The second-order valence-electron chi connectivity index (χ2n) is 4.00. The quantitative estimate of drug-likeness (QED) is 0.788. The van der Waals surface area contributed by atoms with Crippen LogP contribution in [-0.4, -0.2) is 20.2 Å². The second kappa shape index (κ2) is 4.04. The zero-order chi connectivity index (χ0) is 11.7. The van der Waals surface area contributed by atoms with Crippen LogP contribution in [0.15, 0.2) is 12.4 Å². The lowest BCUT2D eigenvalue weighted by atomic mass is 10.2. The molecule has 2 aromatic heterocycles. The molecule has 0 bridgehead atoms. The first-order chi connectivity index (χ1) is 7.60. The fraction of sp³-hybridized carbons (Fsp3) is 0.417. The summed E-state index contributed by atoms with van der Waals surface area (Å²) in [6, 6.07) is 0. The number of ketones is 1. The van der Waals surface area contributed by atoms with E-state index >= 15 is 0 Å². The predicted octanol–water partition coefficient (Wildman–Crippen LogP) is 1.87. The maximum absolute atomic E-state index is 11.3. The molecule has 0 aromatic carbocycles. The highest BCUT2D eigenvalue weighted by Crippen LogP contribution is 2.10. The van der Waals surface area contributed by atoms with E-state index in [1.54, 1.807) is 0 Å². The van der Waals surface area contributed by atoms with Gasteiger partial charge in [0.25, 0.3) is 0 Å².